The number of anilines is 1. The molecule has 8 heteroatoms. The molecule has 0 N–H and O–H groups in total. The van der Waals surface area contributed by atoms with Gasteiger partial charge in [-0.3, -0.25) is 9.58 Å². The van der Waals surface area contributed by atoms with Crippen LogP contribution in [0.4, 0.5) is 5.82 Å². The molecule has 0 unspecified atom stereocenters. The zero-order chi connectivity index (χ0) is 17.5. The van der Waals surface area contributed by atoms with Gasteiger partial charge in [-0.1, -0.05) is 6.07 Å². The van der Waals surface area contributed by atoms with Crippen molar-refractivity contribution >= 4 is 16.9 Å². The van der Waals surface area contributed by atoms with E-state index in [1.54, 1.807) is 11.0 Å². The van der Waals surface area contributed by atoms with E-state index in [1.807, 2.05) is 19.3 Å². The minimum atomic E-state index is 0.319. The number of piperazine rings is 1. The predicted molar refractivity (Wildman–Crippen MR) is 96.4 cm³/mol. The maximum atomic E-state index is 5.47. The maximum absolute atomic E-state index is 5.47. The van der Waals surface area contributed by atoms with Crippen LogP contribution in [0.1, 0.15) is 5.56 Å². The van der Waals surface area contributed by atoms with E-state index < -0.39 is 0 Å². The molecule has 0 amide bonds. The molecular formula is C18H20N6O2. The van der Waals surface area contributed by atoms with Gasteiger partial charge in [0.1, 0.15) is 12.1 Å². The summed E-state index contributed by atoms with van der Waals surface area (Å²) in [5.74, 6) is 2.66. The molecule has 5 rings (SSSR count). The van der Waals surface area contributed by atoms with E-state index in [1.165, 1.54) is 5.56 Å². The van der Waals surface area contributed by atoms with Crippen LogP contribution in [0.3, 0.4) is 0 Å². The molecule has 2 aliphatic rings. The number of rotatable bonds is 3. The SMILES string of the molecule is Cn1ncc2c(N3CCN(Cc4ccc5c(c4)OCO5)CC3)ncnc21. The average Bonchev–Trinajstić information content (AvgIpc) is 3.29. The quantitative estimate of drug-likeness (QED) is 0.706. The topological polar surface area (TPSA) is 68.5 Å². The van der Waals surface area contributed by atoms with Gasteiger partial charge in [-0.25, -0.2) is 9.97 Å². The van der Waals surface area contributed by atoms with E-state index in [-0.39, 0.29) is 0 Å². The Hall–Kier alpha value is -2.87. The lowest BCUT2D eigenvalue weighted by Crippen LogP contribution is -2.46. The van der Waals surface area contributed by atoms with Crippen molar-refractivity contribution in [2.24, 2.45) is 7.05 Å². The van der Waals surface area contributed by atoms with Crippen molar-refractivity contribution in [3.8, 4) is 11.5 Å². The molecule has 0 spiro atoms. The molecule has 2 aromatic heterocycles. The van der Waals surface area contributed by atoms with Crippen LogP contribution in [0.15, 0.2) is 30.7 Å². The van der Waals surface area contributed by atoms with Gasteiger partial charge in [-0.15, -0.1) is 0 Å². The summed E-state index contributed by atoms with van der Waals surface area (Å²) >= 11 is 0. The lowest BCUT2D eigenvalue weighted by molar-refractivity contribution is 0.174. The van der Waals surface area contributed by atoms with Crippen molar-refractivity contribution in [3.05, 3.63) is 36.3 Å². The van der Waals surface area contributed by atoms with Crippen LogP contribution >= 0.6 is 0 Å². The van der Waals surface area contributed by atoms with Gasteiger partial charge in [0.15, 0.2) is 17.1 Å². The van der Waals surface area contributed by atoms with Gasteiger partial charge in [-0.05, 0) is 17.7 Å². The predicted octanol–water partition coefficient (Wildman–Crippen LogP) is 1.41. The third-order valence-electron chi connectivity index (χ3n) is 5.02. The van der Waals surface area contributed by atoms with Crippen molar-refractivity contribution in [2.45, 2.75) is 6.54 Å². The average molecular weight is 352 g/mol. The number of aromatic nitrogens is 4. The second-order valence-corrected chi connectivity index (χ2v) is 6.65. The molecule has 0 atom stereocenters. The van der Waals surface area contributed by atoms with Gasteiger partial charge in [0, 0.05) is 39.8 Å². The standard InChI is InChI=1S/C18H20N6O2/c1-22-17-14(9-21-22)18(20-11-19-17)24-6-4-23(5-7-24)10-13-2-3-15-16(8-13)26-12-25-15/h2-3,8-9,11H,4-7,10,12H2,1H3. The molecule has 8 nitrogen and oxygen atoms in total. The van der Waals surface area contributed by atoms with Crippen LogP contribution in [0.2, 0.25) is 0 Å². The Morgan fingerprint density at radius 1 is 1.04 bits per heavy atom. The lowest BCUT2D eigenvalue weighted by atomic mass is 10.1. The summed E-state index contributed by atoms with van der Waals surface area (Å²) in [6.07, 6.45) is 3.47. The highest BCUT2D eigenvalue weighted by molar-refractivity contribution is 5.86. The molecule has 0 aliphatic carbocycles. The van der Waals surface area contributed by atoms with Gasteiger partial charge in [0.2, 0.25) is 6.79 Å². The fourth-order valence-electron chi connectivity index (χ4n) is 3.62. The lowest BCUT2D eigenvalue weighted by Gasteiger charge is -2.35. The fraction of sp³-hybridized carbons (Fsp3) is 0.389. The Balaban J connectivity index is 1.27. The molecule has 0 radical (unpaired) electrons. The number of aryl methyl sites for hydroxylation is 1. The van der Waals surface area contributed by atoms with Crippen LogP contribution in [0, 0.1) is 0 Å². The zero-order valence-electron chi connectivity index (χ0n) is 14.6. The monoisotopic (exact) mass is 352 g/mol. The molecule has 26 heavy (non-hydrogen) atoms. The summed E-state index contributed by atoms with van der Waals surface area (Å²) in [6.45, 7) is 5.08. The normalized spacial score (nSPS) is 17.2. The number of fused-ring (bicyclic) bond motifs is 2. The van der Waals surface area contributed by atoms with E-state index in [0.717, 1.165) is 61.1 Å². The van der Waals surface area contributed by atoms with Crippen LogP contribution in [-0.4, -0.2) is 57.6 Å². The van der Waals surface area contributed by atoms with Crippen LogP contribution < -0.4 is 14.4 Å². The summed E-state index contributed by atoms with van der Waals surface area (Å²) in [7, 11) is 1.91. The Morgan fingerprint density at radius 3 is 2.77 bits per heavy atom. The number of benzene rings is 1. The molecule has 3 aromatic rings. The summed E-state index contributed by atoms with van der Waals surface area (Å²) in [5.41, 5.74) is 2.12. The molecule has 134 valence electrons. The summed E-state index contributed by atoms with van der Waals surface area (Å²) in [6, 6.07) is 6.19. The molecule has 0 bridgehead atoms. The first kappa shape index (κ1) is 15.4. The number of nitrogens with zero attached hydrogens (tertiary/aromatic N) is 6. The van der Waals surface area contributed by atoms with Gasteiger partial charge in [0.25, 0.3) is 0 Å². The van der Waals surface area contributed by atoms with E-state index >= 15 is 0 Å². The summed E-state index contributed by atoms with van der Waals surface area (Å²) in [5, 5.41) is 5.32. The second kappa shape index (κ2) is 6.14. The minimum absolute atomic E-state index is 0.319. The van der Waals surface area contributed by atoms with Crippen molar-refractivity contribution in [1.82, 2.24) is 24.6 Å². The van der Waals surface area contributed by atoms with E-state index in [0.29, 0.717) is 6.79 Å². The fourth-order valence-corrected chi connectivity index (χ4v) is 3.62. The highest BCUT2D eigenvalue weighted by Gasteiger charge is 2.22. The number of hydrogen-bond donors (Lipinski definition) is 0. The second-order valence-electron chi connectivity index (χ2n) is 6.65. The first-order chi connectivity index (χ1) is 12.8. The molecule has 1 aromatic carbocycles. The van der Waals surface area contributed by atoms with E-state index in [9.17, 15) is 0 Å². The van der Waals surface area contributed by atoms with Crippen molar-refractivity contribution < 1.29 is 9.47 Å². The first-order valence-electron chi connectivity index (χ1n) is 8.76. The molecule has 1 fully saturated rings. The zero-order valence-corrected chi connectivity index (χ0v) is 14.6. The third kappa shape index (κ3) is 2.62. The van der Waals surface area contributed by atoms with Gasteiger partial charge < -0.3 is 14.4 Å². The van der Waals surface area contributed by atoms with Gasteiger partial charge >= 0.3 is 0 Å². The Kier molecular flexibility index (Phi) is 3.63. The van der Waals surface area contributed by atoms with Crippen LogP contribution in [-0.2, 0) is 13.6 Å². The van der Waals surface area contributed by atoms with Gasteiger partial charge in [0.05, 0.1) is 11.6 Å². The van der Waals surface area contributed by atoms with Crippen molar-refractivity contribution in [3.63, 3.8) is 0 Å². The molecule has 2 aliphatic heterocycles. The third-order valence-corrected chi connectivity index (χ3v) is 5.02. The summed E-state index contributed by atoms with van der Waals surface area (Å²) in [4.78, 5) is 13.6. The molecule has 0 saturated carbocycles. The number of hydrogen-bond acceptors (Lipinski definition) is 7. The smallest absolute Gasteiger partial charge is 0.231 e. The molecular weight excluding hydrogens is 332 g/mol. The van der Waals surface area contributed by atoms with Crippen LogP contribution in [0.25, 0.3) is 11.0 Å². The molecule has 4 heterocycles. The Bertz CT molecular complexity index is 948. The van der Waals surface area contributed by atoms with Gasteiger partial charge in [-0.2, -0.15) is 5.10 Å². The number of ether oxygens (including phenoxy) is 2. The first-order valence-corrected chi connectivity index (χ1v) is 8.76. The minimum Gasteiger partial charge on any atom is -0.454 e. The maximum Gasteiger partial charge on any atom is 0.231 e. The van der Waals surface area contributed by atoms with Crippen molar-refractivity contribution in [2.75, 3.05) is 37.9 Å². The Morgan fingerprint density at radius 2 is 1.88 bits per heavy atom. The van der Waals surface area contributed by atoms with E-state index in [4.69, 9.17) is 9.47 Å². The van der Waals surface area contributed by atoms with Crippen molar-refractivity contribution in [1.29, 1.82) is 0 Å². The highest BCUT2D eigenvalue weighted by Crippen LogP contribution is 2.33. The molecule has 1 saturated heterocycles. The Labute approximate surface area is 151 Å². The summed E-state index contributed by atoms with van der Waals surface area (Å²) < 4.78 is 12.6. The van der Waals surface area contributed by atoms with E-state index in [2.05, 4.69) is 37.0 Å². The largest absolute Gasteiger partial charge is 0.454 e. The highest BCUT2D eigenvalue weighted by atomic mass is 16.7. The van der Waals surface area contributed by atoms with Crippen LogP contribution in [0.5, 0.6) is 11.5 Å².